The van der Waals surface area contributed by atoms with Crippen molar-refractivity contribution in [2.24, 2.45) is 18.4 Å². The lowest BCUT2D eigenvalue weighted by atomic mass is 9.69. The lowest BCUT2D eigenvalue weighted by Gasteiger charge is -2.49. The highest BCUT2D eigenvalue weighted by Gasteiger charge is 2.45. The molecule has 2 aliphatic heterocycles. The summed E-state index contributed by atoms with van der Waals surface area (Å²) < 4.78 is 7.20. The molecule has 1 aliphatic carbocycles. The molecule has 1 aromatic rings. The average Bonchev–Trinajstić information content (AvgIpc) is 3.34. The summed E-state index contributed by atoms with van der Waals surface area (Å²) in [6, 6.07) is 0.0488. The first-order valence-electron chi connectivity index (χ1n) is 9.58. The normalized spacial score (nSPS) is 25.3. The van der Waals surface area contributed by atoms with Gasteiger partial charge in [-0.05, 0) is 43.4 Å². The molecule has 1 N–H and O–H groups in total. The van der Waals surface area contributed by atoms with E-state index in [0.717, 1.165) is 25.9 Å². The fraction of sp³-hybridized carbons (Fsp3) is 0.778. The van der Waals surface area contributed by atoms with Crippen LogP contribution < -0.4 is 5.32 Å². The highest BCUT2D eigenvalue weighted by molar-refractivity contribution is 5.90. The number of piperidine rings is 1. The number of aromatic nitrogens is 3. The van der Waals surface area contributed by atoms with Crippen LogP contribution in [0.4, 0.5) is 0 Å². The van der Waals surface area contributed by atoms with E-state index in [1.54, 1.807) is 18.1 Å². The molecule has 2 amide bonds. The predicted octanol–water partition coefficient (Wildman–Crippen LogP) is 0.743. The number of hydrogen-bond donors (Lipinski definition) is 1. The molecule has 0 bridgehead atoms. The van der Waals surface area contributed by atoms with Crippen LogP contribution in [0.2, 0.25) is 0 Å². The van der Waals surface area contributed by atoms with Crippen molar-refractivity contribution in [3.8, 4) is 0 Å². The van der Waals surface area contributed by atoms with Crippen molar-refractivity contribution in [3.63, 3.8) is 0 Å². The Balaban J connectivity index is 1.38. The summed E-state index contributed by atoms with van der Waals surface area (Å²) in [7, 11) is 1.76. The van der Waals surface area contributed by atoms with E-state index in [0.29, 0.717) is 32.0 Å². The summed E-state index contributed by atoms with van der Waals surface area (Å²) in [6.07, 6.45) is 7.24. The molecule has 142 valence electrons. The van der Waals surface area contributed by atoms with Crippen LogP contribution >= 0.6 is 0 Å². The molecule has 2 saturated heterocycles. The van der Waals surface area contributed by atoms with Crippen molar-refractivity contribution in [2.45, 2.75) is 44.6 Å². The standard InChI is InChI=1S/C18H27N5O3/c1-22-12-19-16(21-22)17(25)23-7-4-18(5-8-23)6-9-26-11-14(18)20-15(24)10-13-2-3-13/h12-14H,2-11H2,1H3,(H,20,24)/t14-/m0/s1. The Morgan fingerprint density at radius 2 is 2.08 bits per heavy atom. The van der Waals surface area contributed by atoms with Crippen LogP contribution in [0.15, 0.2) is 6.33 Å². The van der Waals surface area contributed by atoms with E-state index < -0.39 is 0 Å². The van der Waals surface area contributed by atoms with Gasteiger partial charge in [-0.15, -0.1) is 5.10 Å². The molecule has 8 heteroatoms. The van der Waals surface area contributed by atoms with E-state index in [-0.39, 0.29) is 29.1 Å². The zero-order chi connectivity index (χ0) is 18.1. The summed E-state index contributed by atoms with van der Waals surface area (Å²) in [5.41, 5.74) is 0.0335. The van der Waals surface area contributed by atoms with Crippen LogP contribution in [0, 0.1) is 11.3 Å². The van der Waals surface area contributed by atoms with Crippen molar-refractivity contribution >= 4 is 11.8 Å². The topological polar surface area (TPSA) is 89.4 Å². The van der Waals surface area contributed by atoms with E-state index in [2.05, 4.69) is 15.4 Å². The van der Waals surface area contributed by atoms with Crippen molar-refractivity contribution in [1.82, 2.24) is 25.0 Å². The van der Waals surface area contributed by atoms with Gasteiger partial charge in [0.05, 0.1) is 12.6 Å². The Morgan fingerprint density at radius 3 is 2.73 bits per heavy atom. The summed E-state index contributed by atoms with van der Waals surface area (Å²) in [5, 5.41) is 7.35. The first-order chi connectivity index (χ1) is 12.6. The highest BCUT2D eigenvalue weighted by Crippen LogP contribution is 2.41. The summed E-state index contributed by atoms with van der Waals surface area (Å²) in [6.45, 7) is 2.65. The number of nitrogens with zero attached hydrogens (tertiary/aromatic N) is 4. The summed E-state index contributed by atoms with van der Waals surface area (Å²) >= 11 is 0. The molecule has 8 nitrogen and oxygen atoms in total. The maximum Gasteiger partial charge on any atom is 0.293 e. The van der Waals surface area contributed by atoms with E-state index in [4.69, 9.17) is 4.74 Å². The lowest BCUT2D eigenvalue weighted by Crippen LogP contribution is -2.58. The molecule has 1 aromatic heterocycles. The van der Waals surface area contributed by atoms with Crippen LogP contribution in [0.3, 0.4) is 0 Å². The molecule has 1 spiro atoms. The molecule has 3 aliphatic rings. The van der Waals surface area contributed by atoms with Crippen LogP contribution in [-0.2, 0) is 16.6 Å². The third kappa shape index (κ3) is 3.60. The largest absolute Gasteiger partial charge is 0.379 e. The maximum absolute atomic E-state index is 12.6. The first-order valence-corrected chi connectivity index (χ1v) is 9.58. The van der Waals surface area contributed by atoms with Gasteiger partial charge in [0.2, 0.25) is 11.7 Å². The summed E-state index contributed by atoms with van der Waals surface area (Å²) in [5.74, 6) is 0.880. The second kappa shape index (κ2) is 6.98. The third-order valence-corrected chi connectivity index (χ3v) is 6.11. The van der Waals surface area contributed by atoms with Crippen molar-refractivity contribution in [1.29, 1.82) is 0 Å². The van der Waals surface area contributed by atoms with Gasteiger partial charge >= 0.3 is 0 Å². The monoisotopic (exact) mass is 361 g/mol. The Hall–Kier alpha value is -1.96. The number of likely N-dealkylation sites (tertiary alicyclic amines) is 1. The third-order valence-electron chi connectivity index (χ3n) is 6.11. The lowest BCUT2D eigenvalue weighted by molar-refractivity contribution is -0.126. The second-order valence-electron chi connectivity index (χ2n) is 7.99. The van der Waals surface area contributed by atoms with Gasteiger partial charge in [0.1, 0.15) is 6.33 Å². The molecule has 4 rings (SSSR count). The van der Waals surface area contributed by atoms with E-state index in [1.165, 1.54) is 12.8 Å². The van der Waals surface area contributed by atoms with E-state index >= 15 is 0 Å². The molecule has 3 heterocycles. The number of ether oxygens (including phenoxy) is 1. The van der Waals surface area contributed by atoms with Crippen LogP contribution in [0.1, 0.15) is 49.1 Å². The number of amides is 2. The molecule has 3 fully saturated rings. The fourth-order valence-corrected chi connectivity index (χ4v) is 4.19. The van der Waals surface area contributed by atoms with E-state index in [1.807, 2.05) is 4.90 Å². The quantitative estimate of drug-likeness (QED) is 0.854. The Morgan fingerprint density at radius 1 is 1.31 bits per heavy atom. The average molecular weight is 361 g/mol. The molecule has 0 radical (unpaired) electrons. The van der Waals surface area contributed by atoms with Crippen molar-refractivity contribution in [2.75, 3.05) is 26.3 Å². The van der Waals surface area contributed by atoms with Gasteiger partial charge in [0.15, 0.2) is 0 Å². The van der Waals surface area contributed by atoms with Gasteiger partial charge in [0, 0.05) is 33.2 Å². The SMILES string of the molecule is Cn1cnc(C(=O)N2CCC3(CCOC[C@@H]3NC(=O)CC3CC3)CC2)n1. The highest BCUT2D eigenvalue weighted by atomic mass is 16.5. The smallest absolute Gasteiger partial charge is 0.293 e. The number of rotatable bonds is 4. The minimum absolute atomic E-state index is 0.0335. The molecule has 1 saturated carbocycles. The van der Waals surface area contributed by atoms with E-state index in [9.17, 15) is 9.59 Å². The van der Waals surface area contributed by atoms with Crippen molar-refractivity contribution in [3.05, 3.63) is 12.2 Å². The number of carbonyl (C=O) groups excluding carboxylic acids is 2. The minimum Gasteiger partial charge on any atom is -0.379 e. The van der Waals surface area contributed by atoms with Gasteiger partial charge < -0.3 is 15.0 Å². The summed E-state index contributed by atoms with van der Waals surface area (Å²) in [4.78, 5) is 30.8. The number of carbonyl (C=O) groups is 2. The molecule has 26 heavy (non-hydrogen) atoms. The molecular formula is C18H27N5O3. The van der Waals surface area contributed by atoms with Gasteiger partial charge in [-0.3, -0.25) is 14.3 Å². The van der Waals surface area contributed by atoms with Crippen LogP contribution in [0.25, 0.3) is 0 Å². The zero-order valence-electron chi connectivity index (χ0n) is 15.3. The number of nitrogens with one attached hydrogen (secondary N) is 1. The Labute approximate surface area is 153 Å². The van der Waals surface area contributed by atoms with Gasteiger partial charge in [0.25, 0.3) is 5.91 Å². The molecule has 1 atom stereocenters. The van der Waals surface area contributed by atoms with Crippen LogP contribution in [0.5, 0.6) is 0 Å². The Kier molecular flexibility index (Phi) is 4.69. The van der Waals surface area contributed by atoms with Crippen LogP contribution in [-0.4, -0.2) is 63.8 Å². The fourth-order valence-electron chi connectivity index (χ4n) is 4.19. The molecule has 0 aromatic carbocycles. The first kappa shape index (κ1) is 17.5. The second-order valence-corrected chi connectivity index (χ2v) is 7.99. The minimum atomic E-state index is -0.109. The maximum atomic E-state index is 12.6. The van der Waals surface area contributed by atoms with Gasteiger partial charge in [-0.2, -0.15) is 0 Å². The van der Waals surface area contributed by atoms with Crippen molar-refractivity contribution < 1.29 is 14.3 Å². The molecule has 0 unspecified atom stereocenters. The van der Waals surface area contributed by atoms with Gasteiger partial charge in [-0.25, -0.2) is 4.98 Å². The van der Waals surface area contributed by atoms with Gasteiger partial charge in [-0.1, -0.05) is 0 Å². The molecular weight excluding hydrogens is 334 g/mol. The number of aryl methyl sites for hydroxylation is 1. The zero-order valence-corrected chi connectivity index (χ0v) is 15.3. The predicted molar refractivity (Wildman–Crippen MR) is 93.3 cm³/mol. The Bertz CT molecular complexity index is 676. The number of hydrogen-bond acceptors (Lipinski definition) is 5.